The van der Waals surface area contributed by atoms with Crippen molar-refractivity contribution in [1.82, 2.24) is 14.9 Å². The summed E-state index contributed by atoms with van der Waals surface area (Å²) in [6, 6.07) is 14.0. The van der Waals surface area contributed by atoms with Gasteiger partial charge in [-0.05, 0) is 55.4 Å². The number of methoxy groups -OCH3 is 1. The molecule has 2 aromatic carbocycles. The fraction of sp³-hybridized carbons (Fsp3) is 0.364. The number of rotatable bonds is 7. The van der Waals surface area contributed by atoms with Crippen LogP contribution in [0, 0.1) is 0 Å². The maximum atomic E-state index is 6.05. The van der Waals surface area contributed by atoms with Crippen LogP contribution >= 0.6 is 11.6 Å². The Kier molecular flexibility index (Phi) is 6.32. The molecule has 1 aliphatic rings. The maximum absolute atomic E-state index is 6.05. The molecule has 0 atom stereocenters. The van der Waals surface area contributed by atoms with Gasteiger partial charge >= 0.3 is 0 Å². The van der Waals surface area contributed by atoms with Gasteiger partial charge in [0.1, 0.15) is 17.9 Å². The predicted molar refractivity (Wildman–Crippen MR) is 119 cm³/mol. The molecule has 2 heterocycles. The highest BCUT2D eigenvalue weighted by Gasteiger charge is 2.16. The number of fused-ring (bicyclic) bond motifs is 1. The number of halogens is 1. The third kappa shape index (κ3) is 4.89. The molecule has 0 aliphatic carbocycles. The fourth-order valence-corrected chi connectivity index (χ4v) is 3.87. The van der Waals surface area contributed by atoms with Gasteiger partial charge in [0.2, 0.25) is 0 Å². The van der Waals surface area contributed by atoms with Crippen LogP contribution in [0.4, 0.5) is 11.5 Å². The summed E-state index contributed by atoms with van der Waals surface area (Å²) in [6.45, 7) is 6.24. The van der Waals surface area contributed by atoms with Crippen molar-refractivity contribution in [2.24, 2.45) is 0 Å². The van der Waals surface area contributed by atoms with Crippen molar-refractivity contribution in [3.05, 3.63) is 53.8 Å². The lowest BCUT2D eigenvalue weighted by molar-refractivity contribution is 0.257. The van der Waals surface area contributed by atoms with Crippen molar-refractivity contribution >= 4 is 34.0 Å². The summed E-state index contributed by atoms with van der Waals surface area (Å²) >= 11 is 6.05. The molecule has 4 rings (SSSR count). The number of hydrogen-bond donors (Lipinski definition) is 1. The van der Waals surface area contributed by atoms with Crippen molar-refractivity contribution in [2.45, 2.75) is 6.42 Å². The average molecular weight is 412 g/mol. The number of nitrogens with zero attached hydrogens (tertiary/aromatic N) is 4. The SMILES string of the molecule is COc1ccc(N2CCN(CCCNc3ncnc4cc(Cl)ccc34)CC2)cc1. The number of piperazine rings is 1. The highest BCUT2D eigenvalue weighted by atomic mass is 35.5. The molecular formula is C22H26ClN5O. The third-order valence-electron chi connectivity index (χ3n) is 5.35. The topological polar surface area (TPSA) is 53.5 Å². The van der Waals surface area contributed by atoms with E-state index in [1.165, 1.54) is 5.69 Å². The van der Waals surface area contributed by atoms with Crippen LogP contribution in [0.1, 0.15) is 6.42 Å². The van der Waals surface area contributed by atoms with Crippen molar-refractivity contribution in [2.75, 3.05) is 56.6 Å². The largest absolute Gasteiger partial charge is 0.497 e. The van der Waals surface area contributed by atoms with Gasteiger partial charge in [0.25, 0.3) is 0 Å². The van der Waals surface area contributed by atoms with Crippen LogP contribution in [0.15, 0.2) is 48.8 Å². The monoisotopic (exact) mass is 411 g/mol. The molecule has 0 spiro atoms. The lowest BCUT2D eigenvalue weighted by Gasteiger charge is -2.36. The molecule has 7 heteroatoms. The summed E-state index contributed by atoms with van der Waals surface area (Å²) in [4.78, 5) is 13.6. The summed E-state index contributed by atoms with van der Waals surface area (Å²) in [5, 5.41) is 5.14. The van der Waals surface area contributed by atoms with E-state index in [0.717, 1.165) is 68.2 Å². The van der Waals surface area contributed by atoms with Crippen LogP contribution < -0.4 is 15.0 Å². The number of aromatic nitrogens is 2. The minimum atomic E-state index is 0.691. The smallest absolute Gasteiger partial charge is 0.137 e. The normalized spacial score (nSPS) is 14.9. The molecule has 0 amide bonds. The van der Waals surface area contributed by atoms with Gasteiger partial charge in [0.15, 0.2) is 0 Å². The van der Waals surface area contributed by atoms with Crippen molar-refractivity contribution in [1.29, 1.82) is 0 Å². The molecule has 29 heavy (non-hydrogen) atoms. The first-order valence-electron chi connectivity index (χ1n) is 9.98. The van der Waals surface area contributed by atoms with Crippen LogP contribution in [0.3, 0.4) is 0 Å². The second kappa shape index (κ2) is 9.29. The molecule has 152 valence electrons. The van der Waals surface area contributed by atoms with Crippen LogP contribution in [0.25, 0.3) is 10.9 Å². The first-order chi connectivity index (χ1) is 14.2. The zero-order valence-corrected chi connectivity index (χ0v) is 17.4. The molecule has 0 unspecified atom stereocenters. The van der Waals surface area contributed by atoms with Gasteiger partial charge < -0.3 is 15.0 Å². The average Bonchev–Trinajstić information content (AvgIpc) is 2.77. The zero-order chi connectivity index (χ0) is 20.1. The number of ether oxygens (including phenoxy) is 1. The van der Waals surface area contributed by atoms with Crippen LogP contribution in [0.5, 0.6) is 5.75 Å². The van der Waals surface area contributed by atoms with Crippen LogP contribution in [-0.2, 0) is 0 Å². The van der Waals surface area contributed by atoms with E-state index in [1.807, 2.05) is 30.3 Å². The molecule has 1 aromatic heterocycles. The molecule has 1 saturated heterocycles. The molecule has 0 radical (unpaired) electrons. The van der Waals surface area contributed by atoms with E-state index in [1.54, 1.807) is 13.4 Å². The number of hydrogen-bond acceptors (Lipinski definition) is 6. The molecular weight excluding hydrogens is 386 g/mol. The Balaban J connectivity index is 1.22. The van der Waals surface area contributed by atoms with Gasteiger partial charge in [-0.2, -0.15) is 0 Å². The fourth-order valence-electron chi connectivity index (χ4n) is 3.70. The van der Waals surface area contributed by atoms with Crippen molar-refractivity contribution < 1.29 is 4.74 Å². The number of anilines is 2. The predicted octanol–water partition coefficient (Wildman–Crippen LogP) is 3.92. The van der Waals surface area contributed by atoms with E-state index < -0.39 is 0 Å². The maximum Gasteiger partial charge on any atom is 0.137 e. The first kappa shape index (κ1) is 19.7. The summed E-state index contributed by atoms with van der Waals surface area (Å²) in [5.74, 6) is 1.77. The molecule has 1 N–H and O–H groups in total. The van der Waals surface area contributed by atoms with Crippen LogP contribution in [-0.4, -0.2) is 61.2 Å². The summed E-state index contributed by atoms with van der Waals surface area (Å²) in [5.41, 5.74) is 2.13. The Morgan fingerprint density at radius 2 is 1.83 bits per heavy atom. The van der Waals surface area contributed by atoms with Crippen molar-refractivity contribution in [3.63, 3.8) is 0 Å². The van der Waals surface area contributed by atoms with Crippen LogP contribution in [0.2, 0.25) is 5.02 Å². The van der Waals surface area contributed by atoms with Gasteiger partial charge in [-0.15, -0.1) is 0 Å². The van der Waals surface area contributed by atoms with E-state index >= 15 is 0 Å². The van der Waals surface area contributed by atoms with Gasteiger partial charge in [-0.25, -0.2) is 9.97 Å². The Labute approximate surface area is 176 Å². The number of benzene rings is 2. The summed E-state index contributed by atoms with van der Waals surface area (Å²) in [7, 11) is 1.70. The molecule has 1 fully saturated rings. The van der Waals surface area contributed by atoms with E-state index in [2.05, 4.69) is 37.2 Å². The summed E-state index contributed by atoms with van der Waals surface area (Å²) < 4.78 is 5.24. The van der Waals surface area contributed by atoms with Gasteiger partial charge in [-0.1, -0.05) is 11.6 Å². The Bertz CT molecular complexity index is 942. The molecule has 3 aromatic rings. The highest BCUT2D eigenvalue weighted by Crippen LogP contribution is 2.23. The van der Waals surface area contributed by atoms with Gasteiger partial charge in [-0.3, -0.25) is 4.90 Å². The minimum Gasteiger partial charge on any atom is -0.497 e. The van der Waals surface area contributed by atoms with E-state index in [9.17, 15) is 0 Å². The van der Waals surface area contributed by atoms with Gasteiger partial charge in [0, 0.05) is 48.8 Å². The Morgan fingerprint density at radius 1 is 1.03 bits per heavy atom. The van der Waals surface area contributed by atoms with E-state index in [-0.39, 0.29) is 0 Å². The van der Waals surface area contributed by atoms with Gasteiger partial charge in [0.05, 0.1) is 12.6 Å². The minimum absolute atomic E-state index is 0.691. The first-order valence-corrected chi connectivity index (χ1v) is 10.4. The lowest BCUT2D eigenvalue weighted by atomic mass is 10.2. The highest BCUT2D eigenvalue weighted by molar-refractivity contribution is 6.31. The quantitative estimate of drug-likeness (QED) is 0.595. The Morgan fingerprint density at radius 3 is 2.59 bits per heavy atom. The molecule has 0 bridgehead atoms. The van der Waals surface area contributed by atoms with E-state index in [0.29, 0.717) is 5.02 Å². The summed E-state index contributed by atoms with van der Waals surface area (Å²) in [6.07, 6.45) is 2.65. The molecule has 6 nitrogen and oxygen atoms in total. The molecule has 0 saturated carbocycles. The number of nitrogens with one attached hydrogen (secondary N) is 1. The zero-order valence-electron chi connectivity index (χ0n) is 16.6. The second-order valence-corrected chi connectivity index (χ2v) is 7.63. The lowest BCUT2D eigenvalue weighted by Crippen LogP contribution is -2.46. The second-order valence-electron chi connectivity index (χ2n) is 7.19. The molecule has 1 aliphatic heterocycles. The van der Waals surface area contributed by atoms with Crippen molar-refractivity contribution in [3.8, 4) is 5.75 Å². The standard InChI is InChI=1S/C22H26ClN5O/c1-29-19-6-4-18(5-7-19)28-13-11-27(12-14-28)10-2-9-24-22-20-8-3-17(23)15-21(20)25-16-26-22/h3-8,15-16H,2,9-14H2,1H3,(H,24,25,26). The third-order valence-corrected chi connectivity index (χ3v) is 5.59. The van der Waals surface area contributed by atoms with E-state index in [4.69, 9.17) is 16.3 Å². The Hall–Kier alpha value is -2.57.